The maximum absolute atomic E-state index is 11.1. The van der Waals surface area contributed by atoms with Crippen LogP contribution >= 0.6 is 0 Å². The van der Waals surface area contributed by atoms with Crippen LogP contribution in [0.3, 0.4) is 0 Å². The summed E-state index contributed by atoms with van der Waals surface area (Å²) >= 11 is 0. The highest BCUT2D eigenvalue weighted by Crippen LogP contribution is 2.20. The van der Waals surface area contributed by atoms with E-state index in [4.69, 9.17) is 0 Å². The van der Waals surface area contributed by atoms with Crippen molar-refractivity contribution in [3.8, 4) is 6.07 Å². The van der Waals surface area contributed by atoms with Crippen molar-refractivity contribution in [1.29, 1.82) is 5.26 Å². The number of hydrogen-bond acceptors (Lipinski definition) is 4. The second kappa shape index (κ2) is 6.80. The van der Waals surface area contributed by atoms with Crippen molar-refractivity contribution in [2.45, 2.75) is 13.5 Å². The summed E-state index contributed by atoms with van der Waals surface area (Å²) in [5.74, 6) is 0.546. The van der Waals surface area contributed by atoms with Crippen molar-refractivity contribution >= 4 is 28.3 Å². The van der Waals surface area contributed by atoms with Gasteiger partial charge in [0.1, 0.15) is 5.82 Å². The smallest absolute Gasteiger partial charge is 0.221 e. The molecule has 0 spiro atoms. The van der Waals surface area contributed by atoms with E-state index in [-0.39, 0.29) is 5.91 Å². The molecule has 1 aromatic heterocycles. The Morgan fingerprint density at radius 2 is 2.00 bits per heavy atom. The Bertz CT molecular complexity index is 943. The zero-order valence-electron chi connectivity index (χ0n) is 13.2. The molecule has 118 valence electrons. The third-order valence-corrected chi connectivity index (χ3v) is 3.56. The standard InChI is InChI=1S/C19H16N4O/c1-13(24)22-16-6-4-5-14(9-16)12-21-19-10-15(11-20)17-7-2-3-8-18(17)23-19/h2-10H,12H2,1H3,(H,21,23)(H,22,24). The fraction of sp³-hybridized carbons (Fsp3) is 0.105. The van der Waals surface area contributed by atoms with Gasteiger partial charge in [-0.15, -0.1) is 0 Å². The number of rotatable bonds is 4. The lowest BCUT2D eigenvalue weighted by Gasteiger charge is -2.09. The highest BCUT2D eigenvalue weighted by Gasteiger charge is 2.05. The first-order chi connectivity index (χ1) is 11.7. The van der Waals surface area contributed by atoms with Crippen LogP contribution in [-0.2, 0) is 11.3 Å². The van der Waals surface area contributed by atoms with Crippen molar-refractivity contribution in [3.63, 3.8) is 0 Å². The van der Waals surface area contributed by atoms with Crippen molar-refractivity contribution < 1.29 is 4.79 Å². The van der Waals surface area contributed by atoms with Crippen LogP contribution in [0, 0.1) is 11.3 Å². The molecule has 5 nitrogen and oxygen atoms in total. The lowest BCUT2D eigenvalue weighted by molar-refractivity contribution is -0.114. The average molecular weight is 316 g/mol. The molecule has 0 aliphatic carbocycles. The molecular formula is C19H16N4O. The number of para-hydroxylation sites is 1. The summed E-state index contributed by atoms with van der Waals surface area (Å²) in [4.78, 5) is 15.7. The van der Waals surface area contributed by atoms with E-state index in [0.29, 0.717) is 17.9 Å². The van der Waals surface area contributed by atoms with Crippen LogP contribution in [0.15, 0.2) is 54.6 Å². The monoisotopic (exact) mass is 316 g/mol. The Balaban J connectivity index is 1.81. The van der Waals surface area contributed by atoms with Crippen molar-refractivity contribution in [1.82, 2.24) is 4.98 Å². The Morgan fingerprint density at radius 3 is 2.79 bits per heavy atom. The maximum Gasteiger partial charge on any atom is 0.221 e. The Hall–Kier alpha value is -3.39. The average Bonchev–Trinajstić information content (AvgIpc) is 2.59. The number of aromatic nitrogens is 1. The van der Waals surface area contributed by atoms with Gasteiger partial charge in [0.2, 0.25) is 5.91 Å². The lowest BCUT2D eigenvalue weighted by Crippen LogP contribution is -2.07. The molecule has 3 rings (SSSR count). The lowest BCUT2D eigenvalue weighted by atomic mass is 10.1. The van der Waals surface area contributed by atoms with Crippen LogP contribution < -0.4 is 10.6 Å². The second-order valence-electron chi connectivity index (χ2n) is 5.42. The number of carbonyl (C=O) groups excluding carboxylic acids is 1. The minimum absolute atomic E-state index is 0.102. The van der Waals surface area contributed by atoms with Gasteiger partial charge in [-0.1, -0.05) is 30.3 Å². The molecular weight excluding hydrogens is 300 g/mol. The van der Waals surface area contributed by atoms with Gasteiger partial charge in [0.05, 0.1) is 17.1 Å². The van der Waals surface area contributed by atoms with Gasteiger partial charge in [-0.3, -0.25) is 4.79 Å². The summed E-state index contributed by atoms with van der Waals surface area (Å²) in [6, 6.07) is 19.1. The molecule has 24 heavy (non-hydrogen) atoms. The zero-order chi connectivity index (χ0) is 16.9. The number of nitriles is 1. The van der Waals surface area contributed by atoms with E-state index in [2.05, 4.69) is 21.7 Å². The van der Waals surface area contributed by atoms with E-state index in [1.165, 1.54) is 6.92 Å². The minimum atomic E-state index is -0.102. The van der Waals surface area contributed by atoms with E-state index in [9.17, 15) is 10.1 Å². The van der Waals surface area contributed by atoms with Crippen LogP contribution in [0.5, 0.6) is 0 Å². The number of hydrogen-bond donors (Lipinski definition) is 2. The number of nitrogens with zero attached hydrogens (tertiary/aromatic N) is 2. The fourth-order valence-corrected chi connectivity index (χ4v) is 2.51. The molecule has 1 heterocycles. The first-order valence-electron chi connectivity index (χ1n) is 7.56. The number of amides is 1. The van der Waals surface area contributed by atoms with Gasteiger partial charge in [0, 0.05) is 24.5 Å². The normalized spacial score (nSPS) is 10.2. The minimum Gasteiger partial charge on any atom is -0.366 e. The van der Waals surface area contributed by atoms with Crippen LogP contribution in [0.25, 0.3) is 10.9 Å². The van der Waals surface area contributed by atoms with Gasteiger partial charge in [0.15, 0.2) is 0 Å². The molecule has 0 unspecified atom stereocenters. The molecule has 1 amide bonds. The van der Waals surface area contributed by atoms with E-state index in [0.717, 1.165) is 22.2 Å². The molecule has 0 saturated heterocycles. The van der Waals surface area contributed by atoms with Crippen LogP contribution in [0.4, 0.5) is 11.5 Å². The Kier molecular flexibility index (Phi) is 4.39. The number of pyridine rings is 1. The predicted octanol–water partition coefficient (Wildman–Crippen LogP) is 3.68. The number of nitrogens with one attached hydrogen (secondary N) is 2. The molecule has 0 aliphatic heterocycles. The van der Waals surface area contributed by atoms with E-state index in [1.807, 2.05) is 48.5 Å². The van der Waals surface area contributed by atoms with Gasteiger partial charge < -0.3 is 10.6 Å². The summed E-state index contributed by atoms with van der Waals surface area (Å²) in [5.41, 5.74) is 3.14. The summed E-state index contributed by atoms with van der Waals surface area (Å²) in [6.45, 7) is 2.02. The topological polar surface area (TPSA) is 77.8 Å². The first kappa shape index (κ1) is 15.5. The van der Waals surface area contributed by atoms with E-state index >= 15 is 0 Å². The Morgan fingerprint density at radius 1 is 1.17 bits per heavy atom. The molecule has 0 saturated carbocycles. The third kappa shape index (κ3) is 3.50. The largest absolute Gasteiger partial charge is 0.366 e. The number of anilines is 2. The first-order valence-corrected chi connectivity index (χ1v) is 7.56. The van der Waals surface area contributed by atoms with Gasteiger partial charge >= 0.3 is 0 Å². The molecule has 5 heteroatoms. The highest BCUT2D eigenvalue weighted by molar-refractivity contribution is 5.88. The molecule has 0 bridgehead atoms. The number of benzene rings is 2. The molecule has 3 aromatic rings. The molecule has 0 fully saturated rings. The fourth-order valence-electron chi connectivity index (χ4n) is 2.51. The second-order valence-corrected chi connectivity index (χ2v) is 5.42. The predicted molar refractivity (Wildman–Crippen MR) is 94.5 cm³/mol. The summed E-state index contributed by atoms with van der Waals surface area (Å²) in [7, 11) is 0. The number of carbonyl (C=O) groups is 1. The molecule has 2 aromatic carbocycles. The van der Waals surface area contributed by atoms with Gasteiger partial charge in [0.25, 0.3) is 0 Å². The van der Waals surface area contributed by atoms with Crippen LogP contribution in [0.1, 0.15) is 18.1 Å². The molecule has 0 radical (unpaired) electrons. The van der Waals surface area contributed by atoms with E-state index in [1.54, 1.807) is 6.07 Å². The number of fused-ring (bicyclic) bond motifs is 1. The SMILES string of the molecule is CC(=O)Nc1cccc(CNc2cc(C#N)c3ccccc3n2)c1. The quantitative estimate of drug-likeness (QED) is 0.769. The van der Waals surface area contributed by atoms with Crippen molar-refractivity contribution in [2.75, 3.05) is 10.6 Å². The van der Waals surface area contributed by atoms with E-state index < -0.39 is 0 Å². The summed E-state index contributed by atoms with van der Waals surface area (Å²) < 4.78 is 0. The highest BCUT2D eigenvalue weighted by atomic mass is 16.1. The maximum atomic E-state index is 11.1. The summed E-state index contributed by atoms with van der Waals surface area (Å²) in [5, 5.41) is 16.2. The van der Waals surface area contributed by atoms with Gasteiger partial charge in [-0.2, -0.15) is 5.26 Å². The van der Waals surface area contributed by atoms with Crippen molar-refractivity contribution in [3.05, 3.63) is 65.7 Å². The molecule has 0 aliphatic rings. The van der Waals surface area contributed by atoms with Crippen LogP contribution in [0.2, 0.25) is 0 Å². The van der Waals surface area contributed by atoms with Crippen LogP contribution in [-0.4, -0.2) is 10.9 Å². The summed E-state index contributed by atoms with van der Waals surface area (Å²) in [6.07, 6.45) is 0. The Labute approximate surface area is 140 Å². The van der Waals surface area contributed by atoms with Gasteiger partial charge in [-0.25, -0.2) is 4.98 Å². The third-order valence-electron chi connectivity index (χ3n) is 3.56. The zero-order valence-corrected chi connectivity index (χ0v) is 13.2. The van der Waals surface area contributed by atoms with Gasteiger partial charge in [-0.05, 0) is 29.8 Å². The molecule has 2 N–H and O–H groups in total. The molecule has 0 atom stereocenters. The van der Waals surface area contributed by atoms with Crippen molar-refractivity contribution in [2.24, 2.45) is 0 Å².